The molecule has 7 atom stereocenters. The maximum absolute atomic E-state index is 13.2. The fourth-order valence-electron chi connectivity index (χ4n) is 6.71. The summed E-state index contributed by atoms with van der Waals surface area (Å²) in [7, 11) is 0. The van der Waals surface area contributed by atoms with Crippen molar-refractivity contribution >= 4 is 29.5 Å². The Morgan fingerprint density at radius 2 is 1.48 bits per heavy atom. The Morgan fingerprint density at radius 1 is 0.839 bits per heavy atom. The molecule has 0 aromatic heterocycles. The number of thioether (sulfide) groups is 1. The van der Waals surface area contributed by atoms with E-state index in [-0.39, 0.29) is 54.6 Å². The van der Waals surface area contributed by atoms with E-state index < -0.39 is 6.10 Å². The molecular formula is C23H35N3O4S. The van der Waals surface area contributed by atoms with Crippen molar-refractivity contribution in [2.45, 2.75) is 81.6 Å². The van der Waals surface area contributed by atoms with Crippen molar-refractivity contribution in [2.75, 3.05) is 18.8 Å². The number of aliphatic hydroxyl groups excluding tert-OH is 1. The summed E-state index contributed by atoms with van der Waals surface area (Å²) in [4.78, 5) is 40.0. The molecule has 5 rings (SSSR count). The van der Waals surface area contributed by atoms with Gasteiger partial charge in [-0.1, -0.05) is 25.7 Å². The van der Waals surface area contributed by atoms with Gasteiger partial charge < -0.3 is 5.11 Å². The molecule has 0 bridgehead atoms. The quantitative estimate of drug-likeness (QED) is 0.624. The van der Waals surface area contributed by atoms with Crippen LogP contribution in [0.5, 0.6) is 0 Å². The highest BCUT2D eigenvalue weighted by atomic mass is 32.2. The molecule has 5 aliphatic rings. The molecule has 2 N–H and O–H groups in total. The Morgan fingerprint density at radius 3 is 2.13 bits per heavy atom. The summed E-state index contributed by atoms with van der Waals surface area (Å²) in [6.45, 7) is 0.120. The summed E-state index contributed by atoms with van der Waals surface area (Å²) in [5.41, 5.74) is 3.49. The van der Waals surface area contributed by atoms with E-state index in [0.717, 1.165) is 44.9 Å². The third-order valence-corrected chi connectivity index (χ3v) is 9.73. The molecule has 0 spiro atoms. The minimum Gasteiger partial charge on any atom is -0.389 e. The SMILES string of the molecule is O=C1C2CCCCC2C(C2CCCS2)NN1C[C@@H](O)CN1C(=O)C2CCCCC2C1=O. The Kier molecular flexibility index (Phi) is 6.32. The highest BCUT2D eigenvalue weighted by Gasteiger charge is 2.50. The molecule has 6 unspecified atom stereocenters. The fourth-order valence-corrected chi connectivity index (χ4v) is 8.15. The molecule has 0 radical (unpaired) electrons. The number of imide groups is 1. The van der Waals surface area contributed by atoms with Gasteiger partial charge in [-0.3, -0.25) is 24.3 Å². The standard InChI is InChI=1S/C23H35N3O4S/c27-14(12-25-21(28)17-8-3-4-9-18(17)22(25)29)13-26-23(30)16-7-2-1-6-15(16)20(24-26)19-10-5-11-31-19/h14-20,24,27H,1-13H2/t14-,15?,16?,17?,18?,19?,20?/m0/s1. The van der Waals surface area contributed by atoms with Gasteiger partial charge in [0.05, 0.1) is 31.0 Å². The van der Waals surface area contributed by atoms with Gasteiger partial charge in [-0.2, -0.15) is 11.8 Å². The maximum atomic E-state index is 13.2. The van der Waals surface area contributed by atoms with Gasteiger partial charge in [0, 0.05) is 17.2 Å². The number of hydrazine groups is 1. The van der Waals surface area contributed by atoms with Crippen LogP contribution in [-0.4, -0.2) is 69.0 Å². The van der Waals surface area contributed by atoms with Gasteiger partial charge in [-0.25, -0.2) is 5.43 Å². The first-order valence-electron chi connectivity index (χ1n) is 12.3. The molecule has 5 fully saturated rings. The molecule has 3 aliphatic heterocycles. The van der Waals surface area contributed by atoms with Gasteiger partial charge >= 0.3 is 0 Å². The Labute approximate surface area is 188 Å². The molecular weight excluding hydrogens is 414 g/mol. The average Bonchev–Trinajstić information content (AvgIpc) is 3.40. The predicted molar refractivity (Wildman–Crippen MR) is 118 cm³/mol. The lowest BCUT2D eigenvalue weighted by Gasteiger charge is -2.48. The molecule has 3 amide bonds. The summed E-state index contributed by atoms with van der Waals surface area (Å²) in [6.07, 6.45) is 9.31. The van der Waals surface area contributed by atoms with Gasteiger partial charge in [-0.15, -0.1) is 0 Å². The highest BCUT2D eigenvalue weighted by molar-refractivity contribution is 8.00. The van der Waals surface area contributed by atoms with Crippen LogP contribution in [0, 0.1) is 23.7 Å². The van der Waals surface area contributed by atoms with Gasteiger partial charge in [0.25, 0.3) is 0 Å². The van der Waals surface area contributed by atoms with Gasteiger partial charge in [0.2, 0.25) is 17.7 Å². The van der Waals surface area contributed by atoms with Crippen LogP contribution in [0.1, 0.15) is 64.2 Å². The lowest BCUT2D eigenvalue weighted by atomic mass is 9.72. The Hall–Kier alpha value is -1.12. The lowest BCUT2D eigenvalue weighted by molar-refractivity contribution is -0.153. The first-order valence-corrected chi connectivity index (χ1v) is 13.3. The van der Waals surface area contributed by atoms with Crippen LogP contribution < -0.4 is 5.43 Å². The Bertz CT molecular complexity index is 704. The first kappa shape index (κ1) is 21.7. The summed E-state index contributed by atoms with van der Waals surface area (Å²) in [6, 6.07) is 0.264. The van der Waals surface area contributed by atoms with Crippen LogP contribution in [0.15, 0.2) is 0 Å². The number of nitrogens with one attached hydrogen (secondary N) is 1. The summed E-state index contributed by atoms with van der Waals surface area (Å²) in [5.74, 6) is 1.03. The zero-order valence-electron chi connectivity index (χ0n) is 18.2. The number of rotatable bonds is 5. The molecule has 3 heterocycles. The van der Waals surface area contributed by atoms with Crippen molar-refractivity contribution in [3.8, 4) is 0 Å². The second kappa shape index (κ2) is 9.02. The number of fused-ring (bicyclic) bond motifs is 2. The van der Waals surface area contributed by atoms with Crippen LogP contribution in [-0.2, 0) is 14.4 Å². The second-order valence-electron chi connectivity index (χ2n) is 10.1. The number of carbonyl (C=O) groups is 3. The van der Waals surface area contributed by atoms with Crippen molar-refractivity contribution in [1.29, 1.82) is 0 Å². The largest absolute Gasteiger partial charge is 0.389 e. The molecule has 172 valence electrons. The number of amides is 3. The van der Waals surface area contributed by atoms with E-state index in [1.807, 2.05) is 11.8 Å². The molecule has 3 saturated heterocycles. The van der Waals surface area contributed by atoms with Crippen molar-refractivity contribution in [1.82, 2.24) is 15.3 Å². The molecule has 7 nitrogen and oxygen atoms in total. The average molecular weight is 450 g/mol. The van der Waals surface area contributed by atoms with E-state index in [1.54, 1.807) is 5.01 Å². The van der Waals surface area contributed by atoms with E-state index >= 15 is 0 Å². The normalized spacial score (nSPS) is 39.6. The van der Waals surface area contributed by atoms with Crippen LogP contribution in [0.3, 0.4) is 0 Å². The summed E-state index contributed by atoms with van der Waals surface area (Å²) < 4.78 is 0. The minimum absolute atomic E-state index is 0.00688. The molecule has 2 aliphatic carbocycles. The van der Waals surface area contributed by atoms with Gasteiger partial charge in [0.15, 0.2) is 0 Å². The highest BCUT2D eigenvalue weighted by Crippen LogP contribution is 2.42. The molecule has 2 saturated carbocycles. The lowest BCUT2D eigenvalue weighted by Crippen LogP contribution is -2.65. The van der Waals surface area contributed by atoms with Crippen molar-refractivity contribution in [2.24, 2.45) is 23.7 Å². The number of carbonyl (C=O) groups excluding carboxylic acids is 3. The zero-order valence-corrected chi connectivity index (χ0v) is 19.0. The molecule has 0 aromatic rings. The van der Waals surface area contributed by atoms with E-state index in [2.05, 4.69) is 5.43 Å². The van der Waals surface area contributed by atoms with Crippen molar-refractivity contribution in [3.05, 3.63) is 0 Å². The monoisotopic (exact) mass is 449 g/mol. The van der Waals surface area contributed by atoms with E-state index in [1.165, 1.54) is 29.9 Å². The summed E-state index contributed by atoms with van der Waals surface area (Å²) in [5, 5.41) is 13.0. The molecule has 8 heteroatoms. The number of nitrogens with zero attached hydrogens (tertiary/aromatic N) is 2. The van der Waals surface area contributed by atoms with Crippen molar-refractivity contribution < 1.29 is 19.5 Å². The predicted octanol–water partition coefficient (Wildman–Crippen LogP) is 1.94. The summed E-state index contributed by atoms with van der Waals surface area (Å²) >= 11 is 2.00. The topological polar surface area (TPSA) is 90.0 Å². The van der Waals surface area contributed by atoms with Gasteiger partial charge in [-0.05, 0) is 50.2 Å². The number of hydrogen-bond donors (Lipinski definition) is 2. The van der Waals surface area contributed by atoms with Crippen LogP contribution in [0.4, 0.5) is 0 Å². The van der Waals surface area contributed by atoms with Crippen LogP contribution in [0.2, 0.25) is 0 Å². The fraction of sp³-hybridized carbons (Fsp3) is 0.870. The van der Waals surface area contributed by atoms with Crippen molar-refractivity contribution in [3.63, 3.8) is 0 Å². The Balaban J connectivity index is 1.25. The molecule has 31 heavy (non-hydrogen) atoms. The van der Waals surface area contributed by atoms with E-state index in [9.17, 15) is 19.5 Å². The zero-order chi connectivity index (χ0) is 21.5. The maximum Gasteiger partial charge on any atom is 0.240 e. The molecule has 0 aromatic carbocycles. The van der Waals surface area contributed by atoms with E-state index in [4.69, 9.17) is 0 Å². The second-order valence-corrected chi connectivity index (χ2v) is 11.5. The third-order valence-electron chi connectivity index (χ3n) is 8.25. The van der Waals surface area contributed by atoms with Gasteiger partial charge in [0.1, 0.15) is 0 Å². The van der Waals surface area contributed by atoms with Crippen LogP contribution >= 0.6 is 11.8 Å². The number of likely N-dealkylation sites (tertiary alicyclic amines) is 1. The number of hydrogen-bond acceptors (Lipinski definition) is 6. The smallest absolute Gasteiger partial charge is 0.240 e. The minimum atomic E-state index is -0.929. The van der Waals surface area contributed by atoms with Crippen LogP contribution in [0.25, 0.3) is 0 Å². The third kappa shape index (κ3) is 4.04. The van der Waals surface area contributed by atoms with E-state index in [0.29, 0.717) is 11.2 Å². The number of β-amino-alcohol motifs (C(OH)–C–C–N with tert-alkyl or cyclic N) is 1. The first-order chi connectivity index (χ1) is 15.0. The number of aliphatic hydroxyl groups is 1.